The number of rotatable bonds is 4. The highest BCUT2D eigenvalue weighted by Crippen LogP contribution is 2.54. The lowest BCUT2D eigenvalue weighted by molar-refractivity contribution is -0.125. The number of thiophene rings is 1. The first-order valence-corrected chi connectivity index (χ1v) is 14.9. The van der Waals surface area contributed by atoms with E-state index >= 15 is 0 Å². The van der Waals surface area contributed by atoms with Crippen LogP contribution in [0.15, 0.2) is 47.7 Å². The molecule has 40 heavy (non-hydrogen) atoms. The predicted molar refractivity (Wildman–Crippen MR) is 154 cm³/mol. The van der Waals surface area contributed by atoms with E-state index in [0.717, 1.165) is 65.8 Å². The molecule has 1 saturated carbocycles. The number of aryl methyl sites for hydroxylation is 1. The van der Waals surface area contributed by atoms with Crippen molar-refractivity contribution in [2.45, 2.75) is 50.6 Å². The molecule has 4 aromatic rings. The lowest BCUT2D eigenvalue weighted by Crippen LogP contribution is -2.41. The predicted octanol–water partition coefficient (Wildman–Crippen LogP) is 4.03. The van der Waals surface area contributed by atoms with Gasteiger partial charge in [0.1, 0.15) is 16.4 Å². The van der Waals surface area contributed by atoms with Gasteiger partial charge in [0.05, 0.1) is 5.71 Å². The van der Waals surface area contributed by atoms with Crippen LogP contribution in [-0.4, -0.2) is 55.5 Å². The van der Waals surface area contributed by atoms with Gasteiger partial charge in [-0.25, -0.2) is 9.97 Å². The van der Waals surface area contributed by atoms with Crippen LogP contribution in [0.4, 0.5) is 5.95 Å². The summed E-state index contributed by atoms with van der Waals surface area (Å²) in [5, 5.41) is 14.1. The topological polar surface area (TPSA) is 101 Å². The van der Waals surface area contributed by atoms with Crippen LogP contribution in [-0.2, 0) is 23.2 Å². The Hall–Kier alpha value is -3.63. The number of halogens is 1. The third-order valence-electron chi connectivity index (χ3n) is 8.55. The molecule has 9 nitrogen and oxygen atoms in total. The number of nitrogens with one attached hydrogen (secondary N) is 1. The van der Waals surface area contributed by atoms with Gasteiger partial charge < -0.3 is 10.2 Å². The molecule has 0 unspecified atom stereocenters. The number of carbonyl (C=O) groups is 1. The number of hydrogen-bond donors (Lipinski definition) is 1. The number of amides is 1. The molecule has 4 aliphatic rings. The van der Waals surface area contributed by atoms with E-state index in [1.807, 2.05) is 37.3 Å². The summed E-state index contributed by atoms with van der Waals surface area (Å²) in [4.78, 5) is 31.0. The maximum Gasteiger partial charge on any atom is 0.225 e. The van der Waals surface area contributed by atoms with E-state index in [1.165, 1.54) is 10.4 Å². The molecule has 2 aliphatic carbocycles. The fourth-order valence-electron chi connectivity index (χ4n) is 6.37. The molecule has 2 fully saturated rings. The Morgan fingerprint density at radius 3 is 2.75 bits per heavy atom. The number of carbonyl (C=O) groups excluding carboxylic acids is 1. The molecular weight excluding hydrogens is 544 g/mol. The first-order valence-electron chi connectivity index (χ1n) is 13.8. The Bertz CT molecular complexity index is 1690. The van der Waals surface area contributed by atoms with Crippen molar-refractivity contribution in [3.8, 4) is 5.00 Å². The van der Waals surface area contributed by atoms with Crippen LogP contribution in [0.1, 0.15) is 52.5 Å². The Balaban J connectivity index is 1.12. The Morgan fingerprint density at radius 1 is 1.12 bits per heavy atom. The lowest BCUT2D eigenvalue weighted by atomic mass is 9.97. The van der Waals surface area contributed by atoms with Crippen LogP contribution < -0.4 is 10.2 Å². The molecule has 8 rings (SSSR count). The van der Waals surface area contributed by atoms with Crippen LogP contribution in [0.2, 0.25) is 5.02 Å². The summed E-state index contributed by atoms with van der Waals surface area (Å²) in [6.45, 7) is 3.56. The Morgan fingerprint density at radius 2 is 1.95 bits per heavy atom. The van der Waals surface area contributed by atoms with Gasteiger partial charge >= 0.3 is 0 Å². The zero-order valence-corrected chi connectivity index (χ0v) is 23.5. The summed E-state index contributed by atoms with van der Waals surface area (Å²) >= 11 is 8.51. The Kier molecular flexibility index (Phi) is 5.41. The first-order chi connectivity index (χ1) is 19.5. The number of fused-ring (bicyclic) bond motifs is 6. The van der Waals surface area contributed by atoms with Crippen molar-refractivity contribution < 1.29 is 4.79 Å². The minimum absolute atomic E-state index is 0.0873. The smallest absolute Gasteiger partial charge is 0.225 e. The van der Waals surface area contributed by atoms with Crippen molar-refractivity contribution in [2.75, 3.05) is 18.0 Å². The third-order valence-corrected chi connectivity index (χ3v) is 10.1. The van der Waals surface area contributed by atoms with Crippen LogP contribution >= 0.6 is 22.9 Å². The maximum absolute atomic E-state index is 13.5. The van der Waals surface area contributed by atoms with Crippen LogP contribution in [0, 0.1) is 12.8 Å². The molecule has 1 aromatic carbocycles. The number of nitrogens with zero attached hydrogens (tertiary/aromatic N) is 7. The van der Waals surface area contributed by atoms with Crippen molar-refractivity contribution in [1.82, 2.24) is 30.0 Å². The number of anilines is 1. The number of aromatic nitrogens is 5. The van der Waals surface area contributed by atoms with Gasteiger partial charge in [0.25, 0.3) is 0 Å². The third kappa shape index (κ3) is 3.72. The minimum atomic E-state index is -0.367. The van der Waals surface area contributed by atoms with E-state index in [0.29, 0.717) is 23.8 Å². The second kappa shape index (κ2) is 8.94. The van der Waals surface area contributed by atoms with Gasteiger partial charge in [0.2, 0.25) is 11.9 Å². The van der Waals surface area contributed by atoms with Crippen molar-refractivity contribution >= 4 is 40.5 Å². The second-order valence-corrected chi connectivity index (χ2v) is 12.6. The molecule has 2 atom stereocenters. The highest BCUT2D eigenvalue weighted by Gasteiger charge is 2.52. The summed E-state index contributed by atoms with van der Waals surface area (Å²) in [6, 6.07) is 9.82. The molecule has 1 spiro atoms. The summed E-state index contributed by atoms with van der Waals surface area (Å²) in [6.07, 6.45) is 7.66. The van der Waals surface area contributed by atoms with Crippen molar-refractivity contribution in [2.24, 2.45) is 10.9 Å². The zero-order valence-electron chi connectivity index (χ0n) is 22.0. The van der Waals surface area contributed by atoms with E-state index < -0.39 is 0 Å². The molecule has 1 N–H and O–H groups in total. The average Bonchev–Trinajstić information content (AvgIpc) is 3.29. The molecular formula is C29H27ClN8OS. The molecule has 11 heteroatoms. The molecule has 0 radical (unpaired) electrons. The van der Waals surface area contributed by atoms with Gasteiger partial charge in [-0.15, -0.1) is 21.5 Å². The lowest BCUT2D eigenvalue weighted by Gasteiger charge is -2.18. The van der Waals surface area contributed by atoms with Crippen LogP contribution in [0.5, 0.6) is 0 Å². The SMILES string of the molecule is Cc1nnc2n1-c1sc3c(c1C(c1ccccc1Cl)=NC21CC1)C[C@H](C(=O)N[C@H]1CCN(c2ncccn2)C1)C3. The van der Waals surface area contributed by atoms with E-state index in [1.54, 1.807) is 23.7 Å². The molecule has 2 aliphatic heterocycles. The van der Waals surface area contributed by atoms with Crippen molar-refractivity contribution in [3.63, 3.8) is 0 Å². The van der Waals surface area contributed by atoms with Crippen LogP contribution in [0.3, 0.4) is 0 Å². The van der Waals surface area contributed by atoms with E-state index in [9.17, 15) is 4.79 Å². The van der Waals surface area contributed by atoms with Gasteiger partial charge in [-0.2, -0.15) is 0 Å². The second-order valence-electron chi connectivity index (χ2n) is 11.2. The number of benzene rings is 1. The van der Waals surface area contributed by atoms with Gasteiger partial charge in [-0.3, -0.25) is 14.4 Å². The largest absolute Gasteiger partial charge is 0.351 e. The molecule has 1 amide bonds. The van der Waals surface area contributed by atoms with E-state index in [2.05, 4.69) is 34.9 Å². The fourth-order valence-corrected chi connectivity index (χ4v) is 8.05. The van der Waals surface area contributed by atoms with E-state index in [-0.39, 0.29) is 23.4 Å². The summed E-state index contributed by atoms with van der Waals surface area (Å²) in [5.41, 5.74) is 3.77. The monoisotopic (exact) mass is 570 g/mol. The Labute approximate surface area is 240 Å². The first kappa shape index (κ1) is 24.2. The molecule has 0 bridgehead atoms. The van der Waals surface area contributed by atoms with Gasteiger partial charge in [0, 0.05) is 58.5 Å². The summed E-state index contributed by atoms with van der Waals surface area (Å²) in [5.74, 6) is 2.49. The molecule has 3 aromatic heterocycles. The zero-order chi connectivity index (χ0) is 27.0. The summed E-state index contributed by atoms with van der Waals surface area (Å²) < 4.78 is 2.20. The molecule has 5 heterocycles. The van der Waals surface area contributed by atoms with Gasteiger partial charge in [-0.05, 0) is 56.7 Å². The highest BCUT2D eigenvalue weighted by atomic mass is 35.5. The van der Waals surface area contributed by atoms with Gasteiger partial charge in [0.15, 0.2) is 5.82 Å². The van der Waals surface area contributed by atoms with Crippen molar-refractivity contribution in [3.05, 3.63) is 81.0 Å². The quantitative estimate of drug-likeness (QED) is 0.397. The number of hydrogen-bond acceptors (Lipinski definition) is 8. The number of aliphatic imine (C=N–C) groups is 1. The molecule has 1 saturated heterocycles. The summed E-state index contributed by atoms with van der Waals surface area (Å²) in [7, 11) is 0. The maximum atomic E-state index is 13.5. The highest BCUT2D eigenvalue weighted by molar-refractivity contribution is 7.15. The molecule has 202 valence electrons. The van der Waals surface area contributed by atoms with Crippen LogP contribution in [0.25, 0.3) is 5.00 Å². The van der Waals surface area contributed by atoms with E-state index in [4.69, 9.17) is 16.6 Å². The normalized spacial score (nSPS) is 21.9. The average molecular weight is 571 g/mol. The van der Waals surface area contributed by atoms with Gasteiger partial charge in [-0.1, -0.05) is 29.8 Å². The minimum Gasteiger partial charge on any atom is -0.351 e. The standard InChI is InChI=1S/C29H27ClN8OS/c1-16-35-36-27-29(8-9-29)34-24(19-5-2-3-6-21(19)30)23-20-13-17(14-22(20)40-26(23)38(16)27)25(39)33-18-7-12-37(15-18)28-31-10-4-11-32-28/h2-6,10-11,17-18H,7-9,12-15H2,1H3,(H,33,39)/t17-,18-/m0/s1. The van der Waals surface area contributed by atoms with Crippen molar-refractivity contribution in [1.29, 1.82) is 0 Å². The fraction of sp³-hybridized carbons (Fsp3) is 0.379.